The minimum absolute atomic E-state index is 0.0315. The predicted molar refractivity (Wildman–Crippen MR) is 148 cm³/mol. The number of rotatable bonds is 11. The van der Waals surface area contributed by atoms with Crippen LogP contribution in [-0.4, -0.2) is 56.7 Å². The van der Waals surface area contributed by atoms with Crippen LogP contribution in [0.15, 0.2) is 79.5 Å². The van der Waals surface area contributed by atoms with Gasteiger partial charge in [-0.05, 0) is 30.2 Å². The smallest absolute Gasteiger partial charge is 0.264 e. The van der Waals surface area contributed by atoms with Crippen molar-refractivity contribution in [3.63, 3.8) is 0 Å². The van der Waals surface area contributed by atoms with Crippen LogP contribution >= 0.6 is 0 Å². The number of β-lactam (4-membered cyclic amide) rings is 1. The minimum Gasteiger partial charge on any atom is -0.395 e. The number of allylic oxidation sites excluding steroid dienone is 1. The van der Waals surface area contributed by atoms with Crippen molar-refractivity contribution in [2.24, 2.45) is 5.92 Å². The van der Waals surface area contributed by atoms with Crippen LogP contribution in [0.3, 0.4) is 0 Å². The second kappa shape index (κ2) is 11.0. The number of aryl methyl sites for hydroxylation is 1. The van der Waals surface area contributed by atoms with Crippen molar-refractivity contribution >= 4 is 23.2 Å². The molecule has 0 spiro atoms. The summed E-state index contributed by atoms with van der Waals surface area (Å²) in [6.45, 7) is 6.97. The summed E-state index contributed by atoms with van der Waals surface area (Å²) in [4.78, 5) is 28.7. The number of carbonyl (C=O) groups is 2. The van der Waals surface area contributed by atoms with E-state index in [-0.39, 0.29) is 25.0 Å². The van der Waals surface area contributed by atoms with Crippen LogP contribution in [0.25, 0.3) is 0 Å². The number of aliphatic hydroxyl groups is 2. The van der Waals surface area contributed by atoms with Crippen molar-refractivity contribution in [2.45, 2.75) is 37.8 Å². The highest BCUT2D eigenvalue weighted by Crippen LogP contribution is 2.47. The lowest BCUT2D eigenvalue weighted by atomic mass is 9.82. The number of hydrogen-bond donors (Lipinski definition) is 2. The van der Waals surface area contributed by atoms with Gasteiger partial charge in [0.1, 0.15) is 0 Å². The molecule has 2 N–H and O–H groups in total. The Bertz CT molecular complexity index is 1400. The monoisotopic (exact) mass is 527 g/mol. The Balaban J connectivity index is 1.30. The molecule has 0 aliphatic carbocycles. The van der Waals surface area contributed by atoms with E-state index in [1.807, 2.05) is 61.7 Å². The molecule has 2 aliphatic rings. The van der Waals surface area contributed by atoms with Crippen molar-refractivity contribution < 1.29 is 19.8 Å². The van der Waals surface area contributed by atoms with E-state index in [1.165, 1.54) is 4.90 Å². The molecule has 3 atom stereocenters. The highest BCUT2D eigenvalue weighted by atomic mass is 16.3. The van der Waals surface area contributed by atoms with E-state index < -0.39 is 17.4 Å². The molecular weight excluding hydrogens is 494 g/mol. The Morgan fingerprint density at radius 2 is 1.97 bits per heavy atom. The van der Waals surface area contributed by atoms with Gasteiger partial charge in [0.25, 0.3) is 5.91 Å². The van der Waals surface area contributed by atoms with Gasteiger partial charge in [-0.25, -0.2) is 0 Å². The number of anilines is 2. The summed E-state index contributed by atoms with van der Waals surface area (Å²) in [5, 5.41) is 30.2. The summed E-state index contributed by atoms with van der Waals surface area (Å²) < 4.78 is 1.73. The number of fused-ring (bicyclic) bond motifs is 1. The molecule has 39 heavy (non-hydrogen) atoms. The summed E-state index contributed by atoms with van der Waals surface area (Å²) in [5.74, 6) is -1.14. The zero-order chi connectivity index (χ0) is 27.6. The van der Waals surface area contributed by atoms with Crippen LogP contribution in [0.4, 0.5) is 11.4 Å². The number of benzene rings is 2. The molecule has 202 valence electrons. The first-order valence-electron chi connectivity index (χ1n) is 13.2. The molecule has 9 heteroatoms. The van der Waals surface area contributed by atoms with E-state index >= 15 is 0 Å². The van der Waals surface area contributed by atoms with Gasteiger partial charge in [0, 0.05) is 49.4 Å². The zero-order valence-electron chi connectivity index (χ0n) is 22.0. The molecule has 5 rings (SSSR count). The third-order valence-corrected chi connectivity index (χ3v) is 7.63. The number of carbonyl (C=O) groups excluding carboxylic acids is 2. The fraction of sp³-hybridized carbons (Fsp3) is 0.333. The molecule has 3 aromatic rings. The first kappa shape index (κ1) is 26.5. The summed E-state index contributed by atoms with van der Waals surface area (Å²) in [6.07, 6.45) is 8.35. The highest BCUT2D eigenvalue weighted by molar-refractivity contribution is 6.08. The topological polar surface area (TPSA) is 112 Å². The lowest BCUT2D eigenvalue weighted by Gasteiger charge is -2.32. The Morgan fingerprint density at radius 3 is 2.64 bits per heavy atom. The van der Waals surface area contributed by atoms with Crippen LogP contribution in [0.2, 0.25) is 0 Å². The summed E-state index contributed by atoms with van der Waals surface area (Å²) in [7, 11) is 0. The van der Waals surface area contributed by atoms with Crippen LogP contribution < -0.4 is 9.80 Å². The summed E-state index contributed by atoms with van der Waals surface area (Å²) in [6, 6.07) is 15.1. The second-order valence-corrected chi connectivity index (χ2v) is 10.0. The Kier molecular flexibility index (Phi) is 7.45. The van der Waals surface area contributed by atoms with E-state index in [0.29, 0.717) is 48.6 Å². The van der Waals surface area contributed by atoms with Crippen molar-refractivity contribution in [1.82, 2.24) is 15.0 Å². The molecule has 1 saturated heterocycles. The molecule has 3 heterocycles. The molecule has 1 unspecified atom stereocenters. The fourth-order valence-corrected chi connectivity index (χ4v) is 5.29. The average molecular weight is 528 g/mol. The maximum absolute atomic E-state index is 13.5. The summed E-state index contributed by atoms with van der Waals surface area (Å²) in [5.41, 5.74) is 1.73. The number of aromatic nitrogens is 3. The lowest BCUT2D eigenvalue weighted by molar-refractivity contribution is -0.139. The number of hydrogen-bond acceptors (Lipinski definition) is 6. The summed E-state index contributed by atoms with van der Waals surface area (Å²) >= 11 is 0. The average Bonchev–Trinajstić information content (AvgIpc) is 3.49. The standard InChI is InChI=1S/C30H33N5O4/c1-3-15-35-27-13-12-23(34-17-14-28(34)37)18-25(27)30(39,29(35)38)21(2)9-7-8-16-33-19-26(31-32-33)24(20-36)22-10-5-4-6-11-22/h3-7,9-13,18-19,21,24,36,39H,1,8,14-17,20H2,2H3/b9-7+/t21-,24?,30+/m1/s1. The van der Waals surface area contributed by atoms with Gasteiger partial charge in [-0.3, -0.25) is 14.3 Å². The maximum Gasteiger partial charge on any atom is 0.264 e. The van der Waals surface area contributed by atoms with E-state index in [1.54, 1.807) is 27.8 Å². The molecule has 2 aliphatic heterocycles. The normalized spacial score (nSPS) is 20.3. The first-order valence-corrected chi connectivity index (χ1v) is 13.2. The van der Waals surface area contributed by atoms with Crippen LogP contribution in [0.5, 0.6) is 0 Å². The van der Waals surface area contributed by atoms with Gasteiger partial charge >= 0.3 is 0 Å². The molecule has 2 aromatic carbocycles. The van der Waals surface area contributed by atoms with Gasteiger partial charge in [-0.15, -0.1) is 11.7 Å². The number of aliphatic hydroxyl groups excluding tert-OH is 1. The van der Waals surface area contributed by atoms with Crippen LogP contribution in [0, 0.1) is 5.92 Å². The van der Waals surface area contributed by atoms with E-state index in [9.17, 15) is 19.8 Å². The van der Waals surface area contributed by atoms with Crippen LogP contribution in [-0.2, 0) is 21.7 Å². The Morgan fingerprint density at radius 1 is 1.18 bits per heavy atom. The second-order valence-electron chi connectivity index (χ2n) is 10.0. The molecule has 1 fully saturated rings. The molecule has 1 aromatic heterocycles. The van der Waals surface area contributed by atoms with Crippen LogP contribution in [0.1, 0.15) is 42.5 Å². The van der Waals surface area contributed by atoms with Crippen molar-refractivity contribution in [1.29, 1.82) is 0 Å². The number of amides is 2. The quantitative estimate of drug-likeness (QED) is 0.293. The predicted octanol–water partition coefficient (Wildman–Crippen LogP) is 3.14. The highest BCUT2D eigenvalue weighted by Gasteiger charge is 2.52. The van der Waals surface area contributed by atoms with E-state index in [2.05, 4.69) is 16.9 Å². The molecular formula is C30H33N5O4. The minimum atomic E-state index is -1.76. The van der Waals surface area contributed by atoms with Gasteiger partial charge in [0.15, 0.2) is 5.60 Å². The van der Waals surface area contributed by atoms with Crippen molar-refractivity contribution in [3.05, 3.63) is 96.4 Å². The molecule has 2 amide bonds. The fourth-order valence-electron chi connectivity index (χ4n) is 5.29. The van der Waals surface area contributed by atoms with Gasteiger partial charge in [-0.2, -0.15) is 0 Å². The molecule has 0 saturated carbocycles. The van der Waals surface area contributed by atoms with Gasteiger partial charge in [0.2, 0.25) is 5.91 Å². The Hall–Kier alpha value is -4.08. The largest absolute Gasteiger partial charge is 0.395 e. The first-order chi connectivity index (χ1) is 18.9. The third kappa shape index (κ3) is 4.79. The SMILES string of the molecule is C=CCN1C(=O)[C@](O)([C@H](C)/C=C/CCn2cc(C(CO)c3ccccc3)nn2)c2cc(N3CCC3=O)ccc21. The third-order valence-electron chi connectivity index (χ3n) is 7.63. The molecule has 0 bridgehead atoms. The molecule has 0 radical (unpaired) electrons. The lowest BCUT2D eigenvalue weighted by Crippen LogP contribution is -2.45. The molecule has 9 nitrogen and oxygen atoms in total. The number of nitrogens with zero attached hydrogens (tertiary/aromatic N) is 5. The Labute approximate surface area is 227 Å². The van der Waals surface area contributed by atoms with Crippen molar-refractivity contribution in [2.75, 3.05) is 29.5 Å². The van der Waals surface area contributed by atoms with Gasteiger partial charge in [-0.1, -0.05) is 60.7 Å². The van der Waals surface area contributed by atoms with Gasteiger partial charge in [0.05, 0.1) is 23.9 Å². The van der Waals surface area contributed by atoms with E-state index in [0.717, 1.165) is 5.56 Å². The van der Waals surface area contributed by atoms with E-state index in [4.69, 9.17) is 0 Å². The van der Waals surface area contributed by atoms with Crippen molar-refractivity contribution in [3.8, 4) is 0 Å². The zero-order valence-corrected chi connectivity index (χ0v) is 22.0. The maximum atomic E-state index is 13.5. The van der Waals surface area contributed by atoms with Gasteiger partial charge < -0.3 is 20.0 Å².